The van der Waals surface area contributed by atoms with Gasteiger partial charge in [0.05, 0.1) is 17.2 Å². The lowest BCUT2D eigenvalue weighted by molar-refractivity contribution is -0.137. The molecule has 4 nitrogen and oxygen atoms in total. The standard InChI is InChI=1S/C15H20N2O2/c1-5-15(3,4)19-11(2)14(18)17-13-8-6-7-12(9-13)10-16/h6-9,11H,5H2,1-4H3,(H,17,18). The molecule has 0 bridgehead atoms. The molecule has 0 aromatic heterocycles. The van der Waals surface area contributed by atoms with E-state index in [9.17, 15) is 4.79 Å². The molecule has 1 aromatic rings. The number of hydrogen-bond acceptors (Lipinski definition) is 3. The number of hydrogen-bond donors (Lipinski definition) is 1. The van der Waals surface area contributed by atoms with E-state index in [4.69, 9.17) is 10.00 Å². The monoisotopic (exact) mass is 260 g/mol. The van der Waals surface area contributed by atoms with E-state index in [1.165, 1.54) is 0 Å². The average Bonchev–Trinajstić information content (AvgIpc) is 2.38. The number of benzene rings is 1. The molecule has 0 heterocycles. The van der Waals surface area contributed by atoms with Crippen LogP contribution in [0.4, 0.5) is 5.69 Å². The summed E-state index contributed by atoms with van der Waals surface area (Å²) in [4.78, 5) is 12.0. The van der Waals surface area contributed by atoms with Crippen LogP contribution in [0.15, 0.2) is 24.3 Å². The Labute approximate surface area is 114 Å². The minimum Gasteiger partial charge on any atom is -0.363 e. The molecule has 0 saturated carbocycles. The lowest BCUT2D eigenvalue weighted by atomic mass is 10.1. The van der Waals surface area contributed by atoms with Gasteiger partial charge in [0.15, 0.2) is 0 Å². The zero-order valence-electron chi connectivity index (χ0n) is 11.9. The third-order valence-electron chi connectivity index (χ3n) is 2.98. The van der Waals surface area contributed by atoms with Gasteiger partial charge in [-0.1, -0.05) is 13.0 Å². The number of nitrogens with zero attached hydrogens (tertiary/aromatic N) is 1. The van der Waals surface area contributed by atoms with Gasteiger partial charge in [0.2, 0.25) is 0 Å². The molecule has 19 heavy (non-hydrogen) atoms. The molecule has 0 aliphatic rings. The van der Waals surface area contributed by atoms with Crippen LogP contribution in [0, 0.1) is 11.3 Å². The molecule has 1 atom stereocenters. The number of nitrogens with one attached hydrogen (secondary N) is 1. The molecule has 1 unspecified atom stereocenters. The highest BCUT2D eigenvalue weighted by atomic mass is 16.5. The normalized spacial score (nSPS) is 12.6. The first-order valence-electron chi connectivity index (χ1n) is 6.37. The molecular formula is C15H20N2O2. The van der Waals surface area contributed by atoms with E-state index in [1.807, 2.05) is 26.8 Å². The van der Waals surface area contributed by atoms with Crippen molar-refractivity contribution in [1.82, 2.24) is 0 Å². The highest BCUT2D eigenvalue weighted by molar-refractivity contribution is 5.94. The van der Waals surface area contributed by atoms with Crippen LogP contribution in [0.25, 0.3) is 0 Å². The summed E-state index contributed by atoms with van der Waals surface area (Å²) in [6.45, 7) is 7.64. The van der Waals surface area contributed by atoms with Gasteiger partial charge >= 0.3 is 0 Å². The van der Waals surface area contributed by atoms with Crippen LogP contribution in [0.3, 0.4) is 0 Å². The van der Waals surface area contributed by atoms with Gasteiger partial charge in [-0.05, 0) is 45.4 Å². The lowest BCUT2D eigenvalue weighted by Gasteiger charge is -2.27. The van der Waals surface area contributed by atoms with Crippen LogP contribution < -0.4 is 5.32 Å². The topological polar surface area (TPSA) is 62.1 Å². The minimum absolute atomic E-state index is 0.211. The lowest BCUT2D eigenvalue weighted by Crippen LogP contribution is -2.36. The smallest absolute Gasteiger partial charge is 0.253 e. The molecular weight excluding hydrogens is 240 g/mol. The Morgan fingerprint density at radius 1 is 1.53 bits per heavy atom. The van der Waals surface area contributed by atoms with Crippen molar-refractivity contribution in [3.05, 3.63) is 29.8 Å². The number of carbonyl (C=O) groups excluding carboxylic acids is 1. The summed E-state index contributed by atoms with van der Waals surface area (Å²) in [5, 5.41) is 11.6. The first kappa shape index (κ1) is 15.2. The van der Waals surface area contributed by atoms with Gasteiger partial charge in [0.25, 0.3) is 5.91 Å². The quantitative estimate of drug-likeness (QED) is 0.884. The van der Waals surface area contributed by atoms with E-state index in [0.29, 0.717) is 11.3 Å². The third-order valence-corrected chi connectivity index (χ3v) is 2.98. The largest absolute Gasteiger partial charge is 0.363 e. The van der Waals surface area contributed by atoms with Gasteiger partial charge in [0, 0.05) is 5.69 Å². The van der Waals surface area contributed by atoms with Gasteiger partial charge < -0.3 is 10.1 Å². The predicted molar refractivity (Wildman–Crippen MR) is 74.7 cm³/mol. The summed E-state index contributed by atoms with van der Waals surface area (Å²) >= 11 is 0. The molecule has 0 aliphatic carbocycles. The zero-order valence-corrected chi connectivity index (χ0v) is 11.9. The van der Waals surface area contributed by atoms with Crippen LogP contribution >= 0.6 is 0 Å². The summed E-state index contributed by atoms with van der Waals surface area (Å²) in [6.07, 6.45) is 0.287. The second kappa shape index (κ2) is 6.35. The number of amides is 1. The number of ether oxygens (including phenoxy) is 1. The Morgan fingerprint density at radius 3 is 2.79 bits per heavy atom. The first-order valence-corrected chi connectivity index (χ1v) is 6.37. The SMILES string of the molecule is CCC(C)(C)OC(C)C(=O)Nc1cccc(C#N)c1. The summed E-state index contributed by atoms with van der Waals surface area (Å²) in [5.74, 6) is -0.211. The molecule has 0 aliphatic heterocycles. The molecule has 0 spiro atoms. The van der Waals surface area contributed by atoms with Gasteiger partial charge in [0.1, 0.15) is 6.10 Å². The second-order valence-corrected chi connectivity index (χ2v) is 5.06. The molecule has 1 N–H and O–H groups in total. The van der Waals surface area contributed by atoms with Crippen LogP contribution in [0.2, 0.25) is 0 Å². The average molecular weight is 260 g/mol. The fourth-order valence-corrected chi connectivity index (χ4v) is 1.53. The summed E-state index contributed by atoms with van der Waals surface area (Å²) in [6, 6.07) is 8.84. The Bertz CT molecular complexity index is 489. The molecule has 0 radical (unpaired) electrons. The van der Waals surface area contributed by atoms with Crippen molar-refractivity contribution in [3.8, 4) is 6.07 Å². The molecule has 0 fully saturated rings. The Hall–Kier alpha value is -1.86. The summed E-state index contributed by atoms with van der Waals surface area (Å²) in [5.41, 5.74) is 0.791. The van der Waals surface area contributed by atoms with E-state index < -0.39 is 6.10 Å². The van der Waals surface area contributed by atoms with Gasteiger partial charge in [-0.25, -0.2) is 0 Å². The van der Waals surface area contributed by atoms with E-state index in [2.05, 4.69) is 5.32 Å². The van der Waals surface area contributed by atoms with Gasteiger partial charge in [-0.2, -0.15) is 5.26 Å². The van der Waals surface area contributed by atoms with Crippen molar-refractivity contribution in [3.63, 3.8) is 0 Å². The predicted octanol–water partition coefficient (Wildman–Crippen LogP) is 3.09. The fraction of sp³-hybridized carbons (Fsp3) is 0.467. The molecule has 1 aromatic carbocycles. The number of rotatable bonds is 5. The van der Waals surface area contributed by atoms with E-state index in [1.54, 1.807) is 31.2 Å². The number of nitriles is 1. The molecule has 4 heteroatoms. The molecule has 0 saturated heterocycles. The van der Waals surface area contributed by atoms with Crippen molar-refractivity contribution < 1.29 is 9.53 Å². The second-order valence-electron chi connectivity index (χ2n) is 5.06. The van der Waals surface area contributed by atoms with E-state index in [0.717, 1.165) is 6.42 Å². The third kappa shape index (κ3) is 4.72. The van der Waals surface area contributed by atoms with Crippen molar-refractivity contribution in [2.45, 2.75) is 45.8 Å². The maximum Gasteiger partial charge on any atom is 0.253 e. The Balaban J connectivity index is 2.66. The zero-order chi connectivity index (χ0) is 14.5. The van der Waals surface area contributed by atoms with Gasteiger partial charge in [-0.3, -0.25) is 4.79 Å². The van der Waals surface area contributed by atoms with Crippen molar-refractivity contribution in [1.29, 1.82) is 5.26 Å². The number of anilines is 1. The van der Waals surface area contributed by atoms with Crippen molar-refractivity contribution in [2.75, 3.05) is 5.32 Å². The van der Waals surface area contributed by atoms with E-state index in [-0.39, 0.29) is 11.5 Å². The van der Waals surface area contributed by atoms with Crippen LogP contribution in [-0.4, -0.2) is 17.6 Å². The van der Waals surface area contributed by atoms with Crippen molar-refractivity contribution >= 4 is 11.6 Å². The molecule has 1 amide bonds. The maximum absolute atomic E-state index is 12.0. The summed E-state index contributed by atoms with van der Waals surface area (Å²) < 4.78 is 5.70. The molecule has 102 valence electrons. The van der Waals surface area contributed by atoms with Crippen LogP contribution in [-0.2, 0) is 9.53 Å². The van der Waals surface area contributed by atoms with Crippen LogP contribution in [0.5, 0.6) is 0 Å². The van der Waals surface area contributed by atoms with Gasteiger partial charge in [-0.15, -0.1) is 0 Å². The molecule has 1 rings (SSSR count). The highest BCUT2D eigenvalue weighted by Crippen LogP contribution is 2.17. The number of carbonyl (C=O) groups is 1. The van der Waals surface area contributed by atoms with Crippen molar-refractivity contribution in [2.24, 2.45) is 0 Å². The van der Waals surface area contributed by atoms with E-state index >= 15 is 0 Å². The highest BCUT2D eigenvalue weighted by Gasteiger charge is 2.23. The van der Waals surface area contributed by atoms with Crippen LogP contribution in [0.1, 0.15) is 39.7 Å². The summed E-state index contributed by atoms with van der Waals surface area (Å²) in [7, 11) is 0. The maximum atomic E-state index is 12.0. The Morgan fingerprint density at radius 2 is 2.21 bits per heavy atom. The first-order chi connectivity index (χ1) is 8.88. The minimum atomic E-state index is -0.541. The Kier molecular flexibility index (Phi) is 5.08. The fourth-order valence-electron chi connectivity index (χ4n) is 1.53.